The Kier molecular flexibility index (Phi) is 14.7. The molecule has 0 atom stereocenters. The zero-order chi connectivity index (χ0) is 47.4. The first-order valence-electron chi connectivity index (χ1n) is 22.7. The largest absolute Gasteiger partial charge is 0.508 e. The number of phenolic OH excluding ortho intramolecular Hbond substituents is 2. The number of hydrogen-bond acceptors (Lipinski definition) is 6. The van der Waals surface area contributed by atoms with Crippen molar-refractivity contribution in [2.45, 2.75) is 143 Å². The number of benzene rings is 4. The van der Waals surface area contributed by atoms with E-state index in [1.807, 2.05) is 24.3 Å². The van der Waals surface area contributed by atoms with Crippen LogP contribution in [0.4, 0.5) is 11.4 Å². The summed E-state index contributed by atoms with van der Waals surface area (Å²) >= 11 is 0. The standard InChI is InChI=1S/2C27H34N2O3/c2*1-7-27(8-2,9-3)20-14-19(26(4,5)6)22(15-23(20)30)29-25(32)18-16-28-21-13-11-10-12-17(21)24(18)31/h2*10-16,30H,7-9H2,1-6H3,(H,28,31)(H,29,32). The second-order valence-electron chi connectivity index (χ2n) is 19.1. The van der Waals surface area contributed by atoms with Gasteiger partial charge in [0.25, 0.3) is 11.8 Å². The second-order valence-corrected chi connectivity index (χ2v) is 19.1. The van der Waals surface area contributed by atoms with Gasteiger partial charge in [0.2, 0.25) is 10.9 Å². The van der Waals surface area contributed by atoms with Crippen LogP contribution in [0.15, 0.2) is 94.8 Å². The fourth-order valence-electron chi connectivity index (χ4n) is 9.17. The van der Waals surface area contributed by atoms with E-state index in [9.17, 15) is 29.4 Å². The van der Waals surface area contributed by atoms with Crippen molar-refractivity contribution in [1.29, 1.82) is 0 Å². The molecule has 0 spiro atoms. The minimum Gasteiger partial charge on any atom is -0.508 e. The highest BCUT2D eigenvalue weighted by molar-refractivity contribution is 6.07. The van der Waals surface area contributed by atoms with Gasteiger partial charge in [0.1, 0.15) is 22.6 Å². The van der Waals surface area contributed by atoms with Gasteiger partial charge >= 0.3 is 0 Å². The molecule has 0 fully saturated rings. The number of anilines is 2. The van der Waals surface area contributed by atoms with Crippen molar-refractivity contribution in [2.75, 3.05) is 10.6 Å². The summed E-state index contributed by atoms with van der Waals surface area (Å²) in [6.07, 6.45) is 8.36. The number of rotatable bonds is 12. The lowest BCUT2D eigenvalue weighted by molar-refractivity contribution is 0.101. The highest BCUT2D eigenvalue weighted by atomic mass is 16.3. The number of aromatic nitrogens is 2. The van der Waals surface area contributed by atoms with Gasteiger partial charge in [-0.25, -0.2) is 0 Å². The van der Waals surface area contributed by atoms with Gasteiger partial charge in [-0.05, 0) is 108 Å². The molecule has 10 heteroatoms. The molecule has 0 bridgehead atoms. The Balaban J connectivity index is 0.000000241. The number of aromatic hydroxyl groups is 2. The molecular weight excluding hydrogens is 801 g/mol. The summed E-state index contributed by atoms with van der Waals surface area (Å²) < 4.78 is 0. The molecule has 4 aromatic carbocycles. The number of carbonyl (C=O) groups excluding carboxylic acids is 2. The van der Waals surface area contributed by atoms with Gasteiger partial charge in [-0.2, -0.15) is 0 Å². The Hall–Kier alpha value is -6.16. The van der Waals surface area contributed by atoms with Crippen molar-refractivity contribution in [3.63, 3.8) is 0 Å². The van der Waals surface area contributed by atoms with Gasteiger partial charge in [-0.15, -0.1) is 0 Å². The molecule has 6 aromatic rings. The topological polar surface area (TPSA) is 164 Å². The van der Waals surface area contributed by atoms with Gasteiger partial charge in [0.15, 0.2) is 0 Å². The Morgan fingerprint density at radius 3 is 1.11 bits per heavy atom. The smallest absolute Gasteiger partial charge is 0.261 e. The van der Waals surface area contributed by atoms with E-state index in [1.54, 1.807) is 48.5 Å². The molecular formula is C54H68N4O6. The lowest BCUT2D eigenvalue weighted by atomic mass is 9.71. The van der Waals surface area contributed by atoms with Gasteiger partial charge < -0.3 is 30.8 Å². The number of nitrogens with one attached hydrogen (secondary N) is 4. The van der Waals surface area contributed by atoms with Crippen LogP contribution in [0, 0.1) is 0 Å². The molecule has 6 N–H and O–H groups in total. The molecule has 0 saturated carbocycles. The maximum absolute atomic E-state index is 13.1. The average Bonchev–Trinajstić information content (AvgIpc) is 3.26. The maximum atomic E-state index is 13.1. The van der Waals surface area contributed by atoms with Crippen molar-refractivity contribution < 1.29 is 19.8 Å². The highest BCUT2D eigenvalue weighted by Gasteiger charge is 2.34. The zero-order valence-corrected chi connectivity index (χ0v) is 39.9. The Bertz CT molecular complexity index is 2570. The first-order valence-corrected chi connectivity index (χ1v) is 22.7. The van der Waals surface area contributed by atoms with Gasteiger partial charge in [-0.1, -0.05) is 107 Å². The Morgan fingerprint density at radius 2 is 0.812 bits per heavy atom. The van der Waals surface area contributed by atoms with E-state index >= 15 is 0 Å². The van der Waals surface area contributed by atoms with E-state index in [2.05, 4.69) is 104 Å². The predicted octanol–water partition coefficient (Wildman–Crippen LogP) is 12.5. The van der Waals surface area contributed by atoms with Crippen LogP contribution in [-0.4, -0.2) is 32.0 Å². The van der Waals surface area contributed by atoms with Gasteiger partial charge in [0.05, 0.1) is 0 Å². The van der Waals surface area contributed by atoms with Crippen LogP contribution in [-0.2, 0) is 21.7 Å². The zero-order valence-electron chi connectivity index (χ0n) is 39.9. The molecule has 2 heterocycles. The Labute approximate surface area is 378 Å². The van der Waals surface area contributed by atoms with Crippen molar-refractivity contribution in [3.05, 3.63) is 139 Å². The minimum atomic E-state index is -0.498. The molecule has 64 heavy (non-hydrogen) atoms. The fourth-order valence-corrected chi connectivity index (χ4v) is 9.17. The summed E-state index contributed by atoms with van der Waals surface area (Å²) in [6.45, 7) is 25.3. The number of pyridine rings is 2. The predicted molar refractivity (Wildman–Crippen MR) is 264 cm³/mol. The molecule has 2 amide bonds. The van der Waals surface area contributed by atoms with Crippen molar-refractivity contribution in [3.8, 4) is 11.5 Å². The number of phenols is 2. The van der Waals surface area contributed by atoms with E-state index in [4.69, 9.17) is 0 Å². The normalized spacial score (nSPS) is 12.2. The molecule has 340 valence electrons. The van der Waals surface area contributed by atoms with Gasteiger partial charge in [0, 0.05) is 68.8 Å². The number of H-pyrrole nitrogens is 2. The maximum Gasteiger partial charge on any atom is 0.261 e. The molecule has 0 saturated heterocycles. The highest BCUT2D eigenvalue weighted by Crippen LogP contribution is 2.46. The summed E-state index contributed by atoms with van der Waals surface area (Å²) in [5.41, 5.74) is 4.72. The van der Waals surface area contributed by atoms with E-state index in [1.165, 1.54) is 12.4 Å². The number of fused-ring (bicyclic) bond motifs is 2. The van der Waals surface area contributed by atoms with Crippen LogP contribution in [0.1, 0.15) is 165 Å². The summed E-state index contributed by atoms with van der Waals surface area (Å²) in [5, 5.41) is 28.7. The first-order chi connectivity index (χ1) is 30.1. The molecule has 10 nitrogen and oxygen atoms in total. The number of hydrogen-bond donors (Lipinski definition) is 6. The van der Waals surface area contributed by atoms with Crippen LogP contribution >= 0.6 is 0 Å². The van der Waals surface area contributed by atoms with E-state index in [-0.39, 0.29) is 55.1 Å². The van der Waals surface area contributed by atoms with Crippen molar-refractivity contribution >= 4 is 45.0 Å². The SMILES string of the molecule is CCC(CC)(CC)c1cc(C(C)(C)C)c(NC(=O)c2c[nH]c3ccccc3c2=O)cc1O.CCC(CC)(CC)c1cc(C(C)(C)C)c(NC(=O)c2c[nH]c3ccccc3c2=O)cc1O. The number of para-hydroxylation sites is 2. The van der Waals surface area contributed by atoms with E-state index in [0.29, 0.717) is 33.2 Å². The van der Waals surface area contributed by atoms with Gasteiger partial charge in [-0.3, -0.25) is 19.2 Å². The molecule has 0 aliphatic heterocycles. The molecule has 6 rings (SSSR count). The third kappa shape index (κ3) is 9.66. The molecule has 0 aliphatic carbocycles. The van der Waals surface area contributed by atoms with Crippen LogP contribution in [0.2, 0.25) is 0 Å². The third-order valence-electron chi connectivity index (χ3n) is 13.7. The second kappa shape index (κ2) is 19.3. The van der Waals surface area contributed by atoms with Crippen LogP contribution in [0.25, 0.3) is 21.8 Å². The molecule has 0 aliphatic rings. The summed E-state index contributed by atoms with van der Waals surface area (Å²) in [5.74, 6) is -0.651. The quantitative estimate of drug-likeness (QED) is 0.0717. The summed E-state index contributed by atoms with van der Waals surface area (Å²) in [7, 11) is 0. The van der Waals surface area contributed by atoms with E-state index in [0.717, 1.165) is 60.8 Å². The van der Waals surface area contributed by atoms with E-state index < -0.39 is 11.8 Å². The average molecular weight is 869 g/mol. The first kappa shape index (κ1) is 48.9. The van der Waals surface area contributed by atoms with Crippen molar-refractivity contribution in [1.82, 2.24) is 9.97 Å². The van der Waals surface area contributed by atoms with Crippen LogP contribution in [0.3, 0.4) is 0 Å². The summed E-state index contributed by atoms with van der Waals surface area (Å²) in [4.78, 5) is 58.0. The molecule has 2 aromatic heterocycles. The number of aromatic amines is 2. The monoisotopic (exact) mass is 869 g/mol. The van der Waals surface area contributed by atoms with Crippen LogP contribution < -0.4 is 21.5 Å². The lowest BCUT2D eigenvalue weighted by Crippen LogP contribution is -2.27. The molecule has 0 radical (unpaired) electrons. The Morgan fingerprint density at radius 1 is 0.500 bits per heavy atom. The fraction of sp³-hybridized carbons (Fsp3) is 0.407. The minimum absolute atomic E-state index is 0.0390. The number of carbonyl (C=O) groups is 2. The van der Waals surface area contributed by atoms with Crippen molar-refractivity contribution in [2.24, 2.45) is 0 Å². The number of amides is 2. The molecule has 0 unspecified atom stereocenters. The lowest BCUT2D eigenvalue weighted by Gasteiger charge is -2.34. The van der Waals surface area contributed by atoms with Crippen LogP contribution in [0.5, 0.6) is 11.5 Å². The summed E-state index contributed by atoms with van der Waals surface area (Å²) in [6, 6.07) is 21.6. The third-order valence-corrected chi connectivity index (χ3v) is 13.7.